The standard InChI is InChI=1S/C9H10INO4S/c1-11(16(2,14)15)8-5-6(10)3-4-7(8)9(12)13/h3-5H,1-2H3,(H,12,13). The smallest absolute Gasteiger partial charge is 0.337 e. The zero-order valence-electron chi connectivity index (χ0n) is 8.64. The van der Waals surface area contributed by atoms with Crippen LogP contribution < -0.4 is 4.31 Å². The molecule has 1 aromatic rings. The Morgan fingerprint density at radius 3 is 2.44 bits per heavy atom. The Morgan fingerprint density at radius 2 is 2.00 bits per heavy atom. The van der Waals surface area contributed by atoms with Gasteiger partial charge in [0.05, 0.1) is 17.5 Å². The summed E-state index contributed by atoms with van der Waals surface area (Å²) < 4.78 is 24.4. The number of carbonyl (C=O) groups is 1. The third-order valence-electron chi connectivity index (χ3n) is 2.03. The fraction of sp³-hybridized carbons (Fsp3) is 0.222. The van der Waals surface area contributed by atoms with Crippen molar-refractivity contribution in [1.82, 2.24) is 0 Å². The molecule has 7 heteroatoms. The molecule has 1 N–H and O–H groups in total. The van der Waals surface area contributed by atoms with Crippen molar-refractivity contribution in [3.05, 3.63) is 27.3 Å². The van der Waals surface area contributed by atoms with Gasteiger partial charge in [0, 0.05) is 10.6 Å². The van der Waals surface area contributed by atoms with E-state index in [1.165, 1.54) is 19.2 Å². The molecule has 0 aromatic heterocycles. The molecular weight excluding hydrogens is 345 g/mol. The molecule has 5 nitrogen and oxygen atoms in total. The van der Waals surface area contributed by atoms with Crippen LogP contribution in [0, 0.1) is 3.57 Å². The molecule has 0 saturated heterocycles. The molecule has 0 unspecified atom stereocenters. The van der Waals surface area contributed by atoms with Gasteiger partial charge in [0.2, 0.25) is 10.0 Å². The lowest BCUT2D eigenvalue weighted by atomic mass is 10.2. The fourth-order valence-corrected chi connectivity index (χ4v) is 2.11. The minimum Gasteiger partial charge on any atom is -0.478 e. The highest BCUT2D eigenvalue weighted by atomic mass is 127. The SMILES string of the molecule is CN(c1cc(I)ccc1C(=O)O)S(C)(=O)=O. The molecule has 0 radical (unpaired) electrons. The fourth-order valence-electron chi connectivity index (χ4n) is 1.12. The van der Waals surface area contributed by atoms with Gasteiger partial charge < -0.3 is 5.11 Å². The molecule has 0 atom stereocenters. The van der Waals surface area contributed by atoms with Gasteiger partial charge >= 0.3 is 5.97 Å². The van der Waals surface area contributed by atoms with Crippen LogP contribution in [0.5, 0.6) is 0 Å². The summed E-state index contributed by atoms with van der Waals surface area (Å²) >= 11 is 1.99. The molecule has 1 aromatic carbocycles. The Kier molecular flexibility index (Phi) is 3.79. The van der Waals surface area contributed by atoms with Gasteiger partial charge in [-0.3, -0.25) is 4.31 Å². The van der Waals surface area contributed by atoms with Gasteiger partial charge in [-0.1, -0.05) is 0 Å². The number of hydrogen-bond acceptors (Lipinski definition) is 3. The van der Waals surface area contributed by atoms with Gasteiger partial charge in [-0.2, -0.15) is 0 Å². The van der Waals surface area contributed by atoms with Crippen LogP contribution in [0.1, 0.15) is 10.4 Å². The lowest BCUT2D eigenvalue weighted by molar-refractivity contribution is 0.0698. The second kappa shape index (κ2) is 4.58. The average molecular weight is 355 g/mol. The maximum atomic E-state index is 11.3. The summed E-state index contributed by atoms with van der Waals surface area (Å²) in [7, 11) is -2.14. The van der Waals surface area contributed by atoms with Crippen molar-refractivity contribution in [2.45, 2.75) is 0 Å². The first-order valence-corrected chi connectivity index (χ1v) is 7.13. The van der Waals surface area contributed by atoms with E-state index in [9.17, 15) is 13.2 Å². The van der Waals surface area contributed by atoms with E-state index in [4.69, 9.17) is 5.11 Å². The predicted molar refractivity (Wildman–Crippen MR) is 69.4 cm³/mol. The Balaban J connectivity index is 3.42. The molecule has 0 aliphatic heterocycles. The van der Waals surface area contributed by atoms with E-state index in [0.717, 1.165) is 14.1 Å². The van der Waals surface area contributed by atoms with Gasteiger partial charge in [0.1, 0.15) is 0 Å². The van der Waals surface area contributed by atoms with Crippen molar-refractivity contribution < 1.29 is 18.3 Å². The molecule has 0 amide bonds. The number of halogens is 1. The van der Waals surface area contributed by atoms with Crippen LogP contribution >= 0.6 is 22.6 Å². The third kappa shape index (κ3) is 2.85. The molecule has 0 heterocycles. The molecule has 0 aliphatic carbocycles. The number of anilines is 1. The molecule has 88 valence electrons. The summed E-state index contributed by atoms with van der Waals surface area (Å²) in [5.41, 5.74) is 0.134. The third-order valence-corrected chi connectivity index (χ3v) is 3.89. The summed E-state index contributed by atoms with van der Waals surface area (Å²) in [5.74, 6) is -1.15. The summed E-state index contributed by atoms with van der Waals surface area (Å²) in [6.07, 6.45) is 1.03. The molecule has 0 fully saturated rings. The monoisotopic (exact) mass is 355 g/mol. The lowest BCUT2D eigenvalue weighted by Gasteiger charge is -2.18. The second-order valence-corrected chi connectivity index (χ2v) is 6.46. The zero-order valence-corrected chi connectivity index (χ0v) is 11.6. The quantitative estimate of drug-likeness (QED) is 0.832. The van der Waals surface area contributed by atoms with Crippen molar-refractivity contribution in [2.75, 3.05) is 17.6 Å². The number of carboxylic acids is 1. The first-order chi connectivity index (χ1) is 7.23. The van der Waals surface area contributed by atoms with Gasteiger partial charge in [-0.05, 0) is 40.8 Å². The lowest BCUT2D eigenvalue weighted by Crippen LogP contribution is -2.26. The van der Waals surface area contributed by atoms with Crippen molar-refractivity contribution in [2.24, 2.45) is 0 Å². The topological polar surface area (TPSA) is 74.7 Å². The molecule has 16 heavy (non-hydrogen) atoms. The number of carboxylic acid groups (broad SMARTS) is 1. The van der Waals surface area contributed by atoms with Crippen LogP contribution in [0.25, 0.3) is 0 Å². The van der Waals surface area contributed by atoms with Crippen LogP contribution in [-0.4, -0.2) is 32.8 Å². The minimum atomic E-state index is -3.46. The number of benzene rings is 1. The maximum Gasteiger partial charge on any atom is 0.337 e. The summed E-state index contributed by atoms with van der Waals surface area (Å²) in [4.78, 5) is 10.9. The van der Waals surface area contributed by atoms with Gasteiger partial charge in [0.25, 0.3) is 0 Å². The van der Waals surface area contributed by atoms with Crippen LogP contribution in [-0.2, 0) is 10.0 Å². The minimum absolute atomic E-state index is 0.0339. The number of hydrogen-bond donors (Lipinski definition) is 1. The Morgan fingerprint density at radius 1 is 1.44 bits per heavy atom. The van der Waals surface area contributed by atoms with Gasteiger partial charge in [-0.15, -0.1) is 0 Å². The van der Waals surface area contributed by atoms with Crippen LogP contribution in [0.15, 0.2) is 18.2 Å². The second-order valence-electron chi connectivity index (χ2n) is 3.20. The number of aromatic carboxylic acids is 1. The van der Waals surface area contributed by atoms with Crippen LogP contribution in [0.4, 0.5) is 5.69 Å². The van der Waals surface area contributed by atoms with Gasteiger partial charge in [0.15, 0.2) is 0 Å². The molecule has 1 rings (SSSR count). The number of sulfonamides is 1. The number of nitrogens with zero attached hydrogens (tertiary/aromatic N) is 1. The Labute approximate surface area is 107 Å². The highest BCUT2D eigenvalue weighted by molar-refractivity contribution is 14.1. The summed E-state index contributed by atoms with van der Waals surface area (Å²) in [6, 6.07) is 4.52. The van der Waals surface area contributed by atoms with Crippen molar-refractivity contribution >= 4 is 44.3 Å². The van der Waals surface area contributed by atoms with Crippen molar-refractivity contribution in [1.29, 1.82) is 0 Å². The zero-order chi connectivity index (χ0) is 12.5. The predicted octanol–water partition coefficient (Wildman–Crippen LogP) is 1.39. The summed E-state index contributed by atoms with van der Waals surface area (Å²) in [6.45, 7) is 0. The maximum absolute atomic E-state index is 11.3. The highest BCUT2D eigenvalue weighted by Crippen LogP contribution is 2.24. The van der Waals surface area contributed by atoms with E-state index in [2.05, 4.69) is 0 Å². The van der Waals surface area contributed by atoms with Crippen molar-refractivity contribution in [3.8, 4) is 0 Å². The van der Waals surface area contributed by atoms with Crippen LogP contribution in [0.3, 0.4) is 0 Å². The van der Waals surface area contributed by atoms with Gasteiger partial charge in [-0.25, -0.2) is 13.2 Å². The Hall–Kier alpha value is -0.830. The Bertz CT molecular complexity index is 526. The highest BCUT2D eigenvalue weighted by Gasteiger charge is 2.19. The summed E-state index contributed by atoms with van der Waals surface area (Å²) in [5, 5.41) is 8.95. The molecule has 0 saturated carbocycles. The molecule has 0 spiro atoms. The molecule has 0 aliphatic rings. The van der Waals surface area contributed by atoms with Crippen LogP contribution in [0.2, 0.25) is 0 Å². The van der Waals surface area contributed by atoms with E-state index >= 15 is 0 Å². The van der Waals surface area contributed by atoms with E-state index in [1.54, 1.807) is 6.07 Å². The largest absolute Gasteiger partial charge is 0.478 e. The molecular formula is C9H10INO4S. The normalized spacial score (nSPS) is 11.2. The average Bonchev–Trinajstić information content (AvgIpc) is 2.14. The van der Waals surface area contributed by atoms with Crippen molar-refractivity contribution in [3.63, 3.8) is 0 Å². The number of rotatable bonds is 3. The van der Waals surface area contributed by atoms with E-state index in [1.807, 2.05) is 22.6 Å². The van der Waals surface area contributed by atoms with E-state index in [0.29, 0.717) is 0 Å². The first-order valence-electron chi connectivity index (χ1n) is 4.20. The van der Waals surface area contributed by atoms with E-state index in [-0.39, 0.29) is 11.3 Å². The molecule has 0 bridgehead atoms. The first kappa shape index (κ1) is 13.2. The van der Waals surface area contributed by atoms with E-state index < -0.39 is 16.0 Å².